The molecule has 0 amide bonds. The molecule has 0 heterocycles. The third kappa shape index (κ3) is 3.66. The van der Waals surface area contributed by atoms with Crippen molar-refractivity contribution in [3.63, 3.8) is 0 Å². The van der Waals surface area contributed by atoms with Crippen LogP contribution in [0.1, 0.15) is 24.1 Å². The van der Waals surface area contributed by atoms with E-state index >= 15 is 0 Å². The van der Waals surface area contributed by atoms with Crippen LogP contribution in [0.15, 0.2) is 42.5 Å². The Bertz CT molecular complexity index is 586. The highest BCUT2D eigenvalue weighted by atomic mass is 35.5. The maximum atomic E-state index is 6.18. The highest BCUT2D eigenvalue weighted by Crippen LogP contribution is 2.26. The summed E-state index contributed by atoms with van der Waals surface area (Å²) >= 11 is 12.2. The van der Waals surface area contributed by atoms with E-state index in [2.05, 4.69) is 18.3 Å². The first-order chi connectivity index (χ1) is 9.61. The molecule has 4 heteroatoms. The van der Waals surface area contributed by atoms with Crippen molar-refractivity contribution in [2.24, 2.45) is 0 Å². The van der Waals surface area contributed by atoms with Gasteiger partial charge in [-0.2, -0.15) is 0 Å². The summed E-state index contributed by atoms with van der Waals surface area (Å²) in [6.07, 6.45) is 0. The van der Waals surface area contributed by atoms with Crippen molar-refractivity contribution in [3.05, 3.63) is 63.6 Å². The zero-order chi connectivity index (χ0) is 14.5. The van der Waals surface area contributed by atoms with Gasteiger partial charge in [0.1, 0.15) is 5.75 Å². The minimum Gasteiger partial charge on any atom is -0.497 e. The molecule has 1 N–H and O–H groups in total. The van der Waals surface area contributed by atoms with Crippen molar-refractivity contribution >= 4 is 23.2 Å². The van der Waals surface area contributed by atoms with Gasteiger partial charge in [-0.1, -0.05) is 47.5 Å². The molecular weight excluding hydrogens is 293 g/mol. The predicted octanol–water partition coefficient (Wildman–Crippen LogP) is 4.85. The predicted molar refractivity (Wildman–Crippen MR) is 84.7 cm³/mol. The third-order valence-electron chi connectivity index (χ3n) is 3.22. The number of ether oxygens (including phenoxy) is 1. The molecule has 106 valence electrons. The van der Waals surface area contributed by atoms with E-state index in [9.17, 15) is 0 Å². The Balaban J connectivity index is 2.04. The summed E-state index contributed by atoms with van der Waals surface area (Å²) in [4.78, 5) is 0. The molecule has 1 atom stereocenters. The van der Waals surface area contributed by atoms with Gasteiger partial charge in [-0.05, 0) is 36.2 Å². The van der Waals surface area contributed by atoms with Crippen molar-refractivity contribution in [3.8, 4) is 5.75 Å². The van der Waals surface area contributed by atoms with Crippen molar-refractivity contribution < 1.29 is 4.74 Å². The zero-order valence-electron chi connectivity index (χ0n) is 11.5. The second-order valence-corrected chi connectivity index (χ2v) is 5.38. The monoisotopic (exact) mass is 309 g/mol. The molecule has 0 aliphatic heterocycles. The first-order valence-corrected chi connectivity index (χ1v) is 7.17. The highest BCUT2D eigenvalue weighted by Gasteiger charge is 2.08. The van der Waals surface area contributed by atoms with Gasteiger partial charge in [-0.15, -0.1) is 0 Å². The summed E-state index contributed by atoms with van der Waals surface area (Å²) in [6, 6.07) is 13.9. The lowest BCUT2D eigenvalue weighted by molar-refractivity contribution is 0.413. The number of hydrogen-bond acceptors (Lipinski definition) is 2. The molecule has 0 spiro atoms. The van der Waals surface area contributed by atoms with E-state index in [0.29, 0.717) is 16.6 Å². The van der Waals surface area contributed by atoms with E-state index in [1.807, 2.05) is 30.3 Å². The van der Waals surface area contributed by atoms with Gasteiger partial charge in [0.15, 0.2) is 0 Å². The van der Waals surface area contributed by atoms with Gasteiger partial charge in [0.2, 0.25) is 0 Å². The molecule has 0 saturated heterocycles. The Hall–Kier alpha value is -1.22. The van der Waals surface area contributed by atoms with E-state index in [0.717, 1.165) is 11.3 Å². The maximum Gasteiger partial charge on any atom is 0.119 e. The molecule has 0 bridgehead atoms. The number of rotatable bonds is 5. The Morgan fingerprint density at radius 3 is 2.65 bits per heavy atom. The molecule has 0 radical (unpaired) electrons. The molecule has 0 aliphatic rings. The molecular formula is C16H17Cl2NO. The van der Waals surface area contributed by atoms with Crippen molar-refractivity contribution in [2.45, 2.75) is 19.5 Å². The first-order valence-electron chi connectivity index (χ1n) is 6.42. The standard InChI is InChI=1S/C16H17Cl2NO/c1-11(12-5-3-7-14(9-12)20-2)19-10-13-6-4-8-15(17)16(13)18/h3-9,11,19H,10H2,1-2H3/t11-/m1/s1. The summed E-state index contributed by atoms with van der Waals surface area (Å²) in [5.74, 6) is 0.858. The average Bonchev–Trinajstić information content (AvgIpc) is 2.48. The number of hydrogen-bond donors (Lipinski definition) is 1. The Kier molecular flexibility index (Phi) is 5.30. The van der Waals surface area contributed by atoms with E-state index in [1.165, 1.54) is 5.56 Å². The number of halogens is 2. The number of methoxy groups -OCH3 is 1. The molecule has 2 aromatic carbocycles. The second-order valence-electron chi connectivity index (χ2n) is 4.59. The van der Waals surface area contributed by atoms with E-state index in [1.54, 1.807) is 13.2 Å². The molecule has 2 nitrogen and oxygen atoms in total. The second kappa shape index (κ2) is 6.98. The van der Waals surface area contributed by atoms with Crippen LogP contribution in [0, 0.1) is 0 Å². The van der Waals surface area contributed by atoms with E-state index in [-0.39, 0.29) is 6.04 Å². The van der Waals surface area contributed by atoms with Crippen LogP contribution < -0.4 is 10.1 Å². The van der Waals surface area contributed by atoms with Gasteiger partial charge in [-0.25, -0.2) is 0 Å². The molecule has 0 fully saturated rings. The van der Waals surface area contributed by atoms with Crippen LogP contribution in [-0.2, 0) is 6.54 Å². The van der Waals surface area contributed by atoms with Crippen LogP contribution in [0.25, 0.3) is 0 Å². The number of nitrogens with one attached hydrogen (secondary N) is 1. The quantitative estimate of drug-likeness (QED) is 0.852. The zero-order valence-corrected chi connectivity index (χ0v) is 13.0. The normalized spacial score (nSPS) is 12.2. The van der Waals surface area contributed by atoms with Gasteiger partial charge in [0, 0.05) is 12.6 Å². The van der Waals surface area contributed by atoms with Crippen molar-refractivity contribution in [1.29, 1.82) is 0 Å². The van der Waals surface area contributed by atoms with Crippen LogP contribution in [0.2, 0.25) is 10.0 Å². The lowest BCUT2D eigenvalue weighted by Crippen LogP contribution is -2.18. The molecule has 0 aromatic heterocycles. The van der Waals surface area contributed by atoms with Gasteiger partial charge < -0.3 is 10.1 Å². The maximum absolute atomic E-state index is 6.18. The van der Waals surface area contributed by atoms with Crippen molar-refractivity contribution in [1.82, 2.24) is 5.32 Å². The van der Waals surface area contributed by atoms with Crippen LogP contribution in [0.3, 0.4) is 0 Å². The topological polar surface area (TPSA) is 21.3 Å². The fourth-order valence-corrected chi connectivity index (χ4v) is 2.36. The number of benzene rings is 2. The van der Waals surface area contributed by atoms with Crippen LogP contribution in [-0.4, -0.2) is 7.11 Å². The van der Waals surface area contributed by atoms with Crippen LogP contribution in [0.5, 0.6) is 5.75 Å². The van der Waals surface area contributed by atoms with E-state index in [4.69, 9.17) is 27.9 Å². The van der Waals surface area contributed by atoms with Crippen LogP contribution >= 0.6 is 23.2 Å². The van der Waals surface area contributed by atoms with Crippen molar-refractivity contribution in [2.75, 3.05) is 7.11 Å². The highest BCUT2D eigenvalue weighted by molar-refractivity contribution is 6.42. The molecule has 0 saturated carbocycles. The Morgan fingerprint density at radius 2 is 1.90 bits per heavy atom. The molecule has 2 rings (SSSR count). The first kappa shape index (κ1) is 15.2. The van der Waals surface area contributed by atoms with Gasteiger partial charge in [0.05, 0.1) is 17.2 Å². The minimum absolute atomic E-state index is 0.195. The summed E-state index contributed by atoms with van der Waals surface area (Å²) in [5, 5.41) is 4.63. The lowest BCUT2D eigenvalue weighted by atomic mass is 10.1. The van der Waals surface area contributed by atoms with Crippen LogP contribution in [0.4, 0.5) is 0 Å². The fraction of sp³-hybridized carbons (Fsp3) is 0.250. The summed E-state index contributed by atoms with van der Waals surface area (Å²) in [6.45, 7) is 2.77. The Morgan fingerprint density at radius 1 is 1.15 bits per heavy atom. The average molecular weight is 310 g/mol. The lowest BCUT2D eigenvalue weighted by Gasteiger charge is -2.16. The SMILES string of the molecule is COc1cccc([C@@H](C)NCc2cccc(Cl)c2Cl)c1. The summed E-state index contributed by atoms with van der Waals surface area (Å²) in [5.41, 5.74) is 2.16. The summed E-state index contributed by atoms with van der Waals surface area (Å²) in [7, 11) is 1.67. The largest absolute Gasteiger partial charge is 0.497 e. The van der Waals surface area contributed by atoms with Gasteiger partial charge in [0.25, 0.3) is 0 Å². The van der Waals surface area contributed by atoms with E-state index < -0.39 is 0 Å². The third-order valence-corrected chi connectivity index (χ3v) is 4.08. The minimum atomic E-state index is 0.195. The summed E-state index contributed by atoms with van der Waals surface area (Å²) < 4.78 is 5.24. The molecule has 0 aliphatic carbocycles. The Labute approximate surface area is 129 Å². The van der Waals surface area contributed by atoms with Gasteiger partial charge >= 0.3 is 0 Å². The van der Waals surface area contributed by atoms with Gasteiger partial charge in [-0.3, -0.25) is 0 Å². The molecule has 20 heavy (non-hydrogen) atoms. The molecule has 0 unspecified atom stereocenters. The molecule has 2 aromatic rings. The smallest absolute Gasteiger partial charge is 0.119 e. The fourth-order valence-electron chi connectivity index (χ4n) is 1.98.